The average Bonchev–Trinajstić information content (AvgIpc) is 3.41. The summed E-state index contributed by atoms with van der Waals surface area (Å²) >= 11 is 0. The van der Waals surface area contributed by atoms with Crippen LogP contribution >= 0.6 is 0 Å². The molecule has 0 radical (unpaired) electrons. The molecule has 7 nitrogen and oxygen atoms in total. The number of nitrogens with one attached hydrogen (secondary N) is 1. The molecule has 1 N–H and O–H groups in total. The van der Waals surface area contributed by atoms with Crippen molar-refractivity contribution in [3.8, 4) is 0 Å². The Hall–Kier alpha value is -3.22. The first kappa shape index (κ1) is 17.2. The minimum atomic E-state index is -0.499. The molecule has 1 aromatic heterocycles. The highest BCUT2D eigenvalue weighted by Gasteiger charge is 2.33. The number of imidazole rings is 1. The molecule has 2 aliphatic rings. The van der Waals surface area contributed by atoms with Crippen LogP contribution in [0.4, 0.5) is 0 Å². The van der Waals surface area contributed by atoms with Crippen molar-refractivity contribution in [2.24, 2.45) is 0 Å². The molecule has 0 atom stereocenters. The van der Waals surface area contributed by atoms with Gasteiger partial charge >= 0.3 is 0 Å². The average molecular weight is 364 g/mol. The van der Waals surface area contributed by atoms with Crippen LogP contribution in [0.15, 0.2) is 42.4 Å². The molecule has 4 rings (SSSR count). The number of rotatable bonds is 4. The summed E-state index contributed by atoms with van der Waals surface area (Å²) in [5, 5.41) is 2.57. The van der Waals surface area contributed by atoms with Crippen molar-refractivity contribution in [3.05, 3.63) is 59.3 Å². The number of imide groups is 1. The monoisotopic (exact) mass is 364 g/mol. The van der Waals surface area contributed by atoms with Gasteiger partial charge in [0.2, 0.25) is 11.8 Å². The van der Waals surface area contributed by atoms with Crippen LogP contribution in [0.2, 0.25) is 0 Å². The van der Waals surface area contributed by atoms with Crippen LogP contribution in [0.3, 0.4) is 0 Å². The standard InChI is InChI=1S/C20H20N4O3/c1-13(25)24-11-18(26)22-17(20(24)27)9-16-19(15-7-8-15)23(12-21-16)10-14-5-3-2-4-6-14/h2-6,9,12,15H,7-8,10-11H2,1H3,(H,22,26). The van der Waals surface area contributed by atoms with E-state index in [0.29, 0.717) is 18.2 Å². The van der Waals surface area contributed by atoms with Gasteiger partial charge in [0, 0.05) is 25.1 Å². The van der Waals surface area contributed by atoms with Crippen LogP contribution in [0.1, 0.15) is 42.6 Å². The van der Waals surface area contributed by atoms with E-state index < -0.39 is 11.8 Å². The molecule has 138 valence electrons. The Morgan fingerprint density at radius 3 is 2.67 bits per heavy atom. The van der Waals surface area contributed by atoms with Crippen molar-refractivity contribution in [1.29, 1.82) is 0 Å². The number of carbonyl (C=O) groups is 3. The third-order valence-corrected chi connectivity index (χ3v) is 4.78. The van der Waals surface area contributed by atoms with E-state index in [1.54, 1.807) is 12.4 Å². The lowest BCUT2D eigenvalue weighted by molar-refractivity contribution is -0.147. The summed E-state index contributed by atoms with van der Waals surface area (Å²) in [5.41, 5.74) is 2.99. The Kier molecular flexibility index (Phi) is 4.35. The van der Waals surface area contributed by atoms with Crippen LogP contribution in [-0.4, -0.2) is 38.7 Å². The second-order valence-corrected chi connectivity index (χ2v) is 6.92. The van der Waals surface area contributed by atoms with Gasteiger partial charge in [-0.1, -0.05) is 30.3 Å². The normalized spacial score (nSPS) is 18.7. The number of amides is 3. The molecule has 27 heavy (non-hydrogen) atoms. The molecule has 7 heteroatoms. The van der Waals surface area contributed by atoms with E-state index in [-0.39, 0.29) is 18.1 Å². The molecule has 2 fully saturated rings. The molecule has 0 unspecified atom stereocenters. The summed E-state index contributed by atoms with van der Waals surface area (Å²) in [6, 6.07) is 10.1. The molecule has 1 saturated carbocycles. The van der Waals surface area contributed by atoms with Gasteiger partial charge < -0.3 is 9.88 Å². The number of carbonyl (C=O) groups excluding carboxylic acids is 3. The number of nitrogens with zero attached hydrogens (tertiary/aromatic N) is 3. The predicted molar refractivity (Wildman–Crippen MR) is 98.3 cm³/mol. The van der Waals surface area contributed by atoms with Gasteiger partial charge in [0.15, 0.2) is 0 Å². The fourth-order valence-electron chi connectivity index (χ4n) is 3.32. The smallest absolute Gasteiger partial charge is 0.277 e. The minimum Gasteiger partial charge on any atom is -0.329 e. The number of hydrogen-bond acceptors (Lipinski definition) is 4. The van der Waals surface area contributed by atoms with Gasteiger partial charge in [-0.2, -0.15) is 0 Å². The molecule has 2 heterocycles. The first-order valence-corrected chi connectivity index (χ1v) is 8.96. The highest BCUT2D eigenvalue weighted by atomic mass is 16.2. The van der Waals surface area contributed by atoms with Crippen LogP contribution < -0.4 is 5.32 Å². The lowest BCUT2D eigenvalue weighted by atomic mass is 10.1. The number of aromatic nitrogens is 2. The maximum absolute atomic E-state index is 12.5. The van der Waals surface area contributed by atoms with Crippen molar-refractivity contribution >= 4 is 23.8 Å². The summed E-state index contributed by atoms with van der Waals surface area (Å²) in [6.07, 6.45) is 5.52. The van der Waals surface area contributed by atoms with E-state index in [1.807, 2.05) is 18.2 Å². The molecule has 0 spiro atoms. The Morgan fingerprint density at radius 1 is 1.26 bits per heavy atom. The maximum atomic E-state index is 12.5. The molecule has 1 saturated heterocycles. The highest BCUT2D eigenvalue weighted by Crippen LogP contribution is 2.42. The summed E-state index contributed by atoms with van der Waals surface area (Å²) in [7, 11) is 0. The van der Waals surface area contributed by atoms with Gasteiger partial charge in [0.1, 0.15) is 12.2 Å². The third-order valence-electron chi connectivity index (χ3n) is 4.78. The van der Waals surface area contributed by atoms with Crippen molar-refractivity contribution in [2.45, 2.75) is 32.2 Å². The van der Waals surface area contributed by atoms with Crippen molar-refractivity contribution < 1.29 is 14.4 Å². The van der Waals surface area contributed by atoms with Gasteiger partial charge in [-0.05, 0) is 24.5 Å². The van der Waals surface area contributed by atoms with Crippen molar-refractivity contribution in [2.75, 3.05) is 6.54 Å². The second-order valence-electron chi connectivity index (χ2n) is 6.92. The van der Waals surface area contributed by atoms with Gasteiger partial charge in [-0.25, -0.2) is 4.98 Å². The van der Waals surface area contributed by atoms with Gasteiger partial charge in [-0.3, -0.25) is 19.3 Å². The number of benzene rings is 1. The van der Waals surface area contributed by atoms with Crippen molar-refractivity contribution in [3.63, 3.8) is 0 Å². The minimum absolute atomic E-state index is 0.0910. The van der Waals surface area contributed by atoms with Gasteiger partial charge in [0.05, 0.1) is 12.0 Å². The Balaban J connectivity index is 1.67. The lowest BCUT2D eigenvalue weighted by Gasteiger charge is -2.25. The number of hydrogen-bond donors (Lipinski definition) is 1. The third kappa shape index (κ3) is 3.53. The zero-order valence-corrected chi connectivity index (χ0v) is 15.0. The lowest BCUT2D eigenvalue weighted by Crippen LogP contribution is -2.51. The fraction of sp³-hybridized carbons (Fsp3) is 0.300. The molecule has 0 bridgehead atoms. The van der Waals surface area contributed by atoms with Crippen molar-refractivity contribution in [1.82, 2.24) is 19.8 Å². The largest absolute Gasteiger partial charge is 0.329 e. The van der Waals surface area contributed by atoms with Crippen LogP contribution in [0, 0.1) is 0 Å². The SMILES string of the molecule is CC(=O)N1CC(=O)NC(=Cc2ncn(Cc3ccccc3)c2C2CC2)C1=O. The van der Waals surface area contributed by atoms with Crippen LogP contribution in [-0.2, 0) is 20.9 Å². The first-order valence-electron chi connectivity index (χ1n) is 8.96. The van der Waals surface area contributed by atoms with E-state index in [1.165, 1.54) is 12.5 Å². The Morgan fingerprint density at radius 2 is 2.00 bits per heavy atom. The quantitative estimate of drug-likeness (QED) is 0.836. The predicted octanol–water partition coefficient (Wildman–Crippen LogP) is 1.65. The summed E-state index contributed by atoms with van der Waals surface area (Å²) in [6.45, 7) is 1.73. The van der Waals surface area contributed by atoms with Gasteiger partial charge in [0.25, 0.3) is 5.91 Å². The molecule has 1 aliphatic heterocycles. The van der Waals surface area contributed by atoms with Crippen LogP contribution in [0.25, 0.3) is 6.08 Å². The number of piperazine rings is 1. The summed E-state index contributed by atoms with van der Waals surface area (Å²) in [5.74, 6) is -0.923. The van der Waals surface area contributed by atoms with E-state index in [4.69, 9.17) is 0 Å². The Bertz CT molecular complexity index is 941. The first-order chi connectivity index (χ1) is 13.0. The summed E-state index contributed by atoms with van der Waals surface area (Å²) in [4.78, 5) is 41.4. The highest BCUT2D eigenvalue weighted by molar-refractivity contribution is 6.12. The van der Waals surface area contributed by atoms with E-state index in [9.17, 15) is 14.4 Å². The molecule has 3 amide bonds. The molecule has 1 aliphatic carbocycles. The van der Waals surface area contributed by atoms with E-state index in [0.717, 1.165) is 23.4 Å². The maximum Gasteiger partial charge on any atom is 0.277 e. The van der Waals surface area contributed by atoms with E-state index in [2.05, 4.69) is 27.0 Å². The fourth-order valence-corrected chi connectivity index (χ4v) is 3.32. The molecular weight excluding hydrogens is 344 g/mol. The van der Waals surface area contributed by atoms with Gasteiger partial charge in [-0.15, -0.1) is 0 Å². The topological polar surface area (TPSA) is 84.3 Å². The van der Waals surface area contributed by atoms with Crippen LogP contribution in [0.5, 0.6) is 0 Å². The molecule has 1 aromatic carbocycles. The zero-order chi connectivity index (χ0) is 19.0. The Labute approximate surface area is 156 Å². The summed E-state index contributed by atoms with van der Waals surface area (Å²) < 4.78 is 2.09. The second kappa shape index (κ2) is 6.83. The molecule has 2 aromatic rings. The zero-order valence-electron chi connectivity index (χ0n) is 15.0. The molecular formula is C20H20N4O3. The van der Waals surface area contributed by atoms with E-state index >= 15 is 0 Å².